The van der Waals surface area contributed by atoms with E-state index >= 15 is 0 Å². The molecule has 1 aromatic heterocycles. The van der Waals surface area contributed by atoms with E-state index in [4.69, 9.17) is 10.5 Å². The van der Waals surface area contributed by atoms with Crippen LogP contribution in [-0.2, 0) is 6.18 Å². The summed E-state index contributed by atoms with van der Waals surface area (Å²) < 4.78 is 44.1. The molecule has 0 spiro atoms. The van der Waals surface area contributed by atoms with Crippen LogP contribution in [-0.4, -0.2) is 47.4 Å². The van der Waals surface area contributed by atoms with Gasteiger partial charge in [0.25, 0.3) is 0 Å². The lowest BCUT2D eigenvalue weighted by molar-refractivity contribution is -0.137. The molecule has 3 rings (SSSR count). The Kier molecular flexibility index (Phi) is 5.38. The molecule has 0 aliphatic carbocycles. The summed E-state index contributed by atoms with van der Waals surface area (Å²) in [7, 11) is 1.30. The van der Waals surface area contributed by atoms with Gasteiger partial charge in [-0.25, -0.2) is 9.97 Å². The molecule has 1 fully saturated rings. The summed E-state index contributed by atoms with van der Waals surface area (Å²) >= 11 is 0. The lowest BCUT2D eigenvalue weighted by Gasteiger charge is -2.24. The monoisotopic (exact) mass is 383 g/mol. The number of nitrogens with two attached hydrogens (primary N) is 1. The van der Waals surface area contributed by atoms with E-state index in [9.17, 15) is 18.3 Å². The average molecular weight is 383 g/mol. The average Bonchev–Trinajstić information content (AvgIpc) is 3.02. The summed E-state index contributed by atoms with van der Waals surface area (Å²) in [4.78, 5) is 10.1. The number of nitrogens with one attached hydrogen (secondary N) is 1. The molecule has 1 aliphatic heterocycles. The number of hydrogen-bond acceptors (Lipinski definition) is 7. The van der Waals surface area contributed by atoms with Gasteiger partial charge in [-0.05, 0) is 18.6 Å². The number of aliphatic hydroxyl groups is 1. The fourth-order valence-corrected chi connectivity index (χ4v) is 3.07. The zero-order valence-corrected chi connectivity index (χ0v) is 14.6. The fraction of sp³-hybridized carbons (Fsp3) is 0.412. The van der Waals surface area contributed by atoms with E-state index in [0.717, 1.165) is 12.1 Å². The molecule has 0 amide bonds. The van der Waals surface area contributed by atoms with Gasteiger partial charge in [0.1, 0.15) is 23.7 Å². The van der Waals surface area contributed by atoms with Gasteiger partial charge in [0, 0.05) is 37.0 Å². The fourth-order valence-electron chi connectivity index (χ4n) is 3.07. The van der Waals surface area contributed by atoms with Gasteiger partial charge in [-0.15, -0.1) is 0 Å². The van der Waals surface area contributed by atoms with Gasteiger partial charge in [0.15, 0.2) is 0 Å². The topological polar surface area (TPSA) is 96.5 Å². The molecule has 0 radical (unpaired) electrons. The standard InChI is InChI=1S/C17H20F3N5O2/c1-27-14-3-10(17(18,19)20)2-11(4-14)24-15-6-16(23-9-22-15)25-8-13(26)5-12(25)7-21/h2-4,6,9,12-13,26H,5,7-8,21H2,1H3,(H,22,23,24)/t12-,13-/m1/s1. The van der Waals surface area contributed by atoms with E-state index in [1.165, 1.54) is 19.5 Å². The molecule has 7 nitrogen and oxygen atoms in total. The number of benzene rings is 1. The van der Waals surface area contributed by atoms with Crippen molar-refractivity contribution in [2.24, 2.45) is 5.73 Å². The molecule has 1 saturated heterocycles. The van der Waals surface area contributed by atoms with Crippen LogP contribution in [0, 0.1) is 0 Å². The first-order valence-corrected chi connectivity index (χ1v) is 8.30. The summed E-state index contributed by atoms with van der Waals surface area (Å²) in [5.41, 5.74) is 5.10. The number of anilines is 3. The summed E-state index contributed by atoms with van der Waals surface area (Å²) in [5.74, 6) is 0.935. The molecule has 2 atom stereocenters. The van der Waals surface area contributed by atoms with Gasteiger partial charge in [-0.2, -0.15) is 13.2 Å². The number of aliphatic hydroxyl groups excluding tert-OH is 1. The lowest BCUT2D eigenvalue weighted by atomic mass is 10.1. The van der Waals surface area contributed by atoms with Crippen LogP contribution in [0.1, 0.15) is 12.0 Å². The smallest absolute Gasteiger partial charge is 0.416 e. The zero-order chi connectivity index (χ0) is 19.6. The number of alkyl halides is 3. The molecule has 1 aromatic carbocycles. The van der Waals surface area contributed by atoms with Crippen molar-refractivity contribution in [2.75, 3.05) is 30.4 Å². The largest absolute Gasteiger partial charge is 0.497 e. The number of hydrogen-bond donors (Lipinski definition) is 3. The van der Waals surface area contributed by atoms with Crippen LogP contribution in [0.3, 0.4) is 0 Å². The highest BCUT2D eigenvalue weighted by Gasteiger charge is 2.32. The minimum Gasteiger partial charge on any atom is -0.497 e. The predicted octanol–water partition coefficient (Wildman–Crippen LogP) is 2.15. The predicted molar refractivity (Wildman–Crippen MR) is 94.1 cm³/mol. The highest BCUT2D eigenvalue weighted by atomic mass is 19.4. The normalized spacial score (nSPS) is 20.0. The lowest BCUT2D eigenvalue weighted by Crippen LogP contribution is -2.36. The second-order valence-electron chi connectivity index (χ2n) is 6.27. The quantitative estimate of drug-likeness (QED) is 0.728. The second kappa shape index (κ2) is 7.57. The Morgan fingerprint density at radius 2 is 2.07 bits per heavy atom. The van der Waals surface area contributed by atoms with E-state index < -0.39 is 17.8 Å². The van der Waals surface area contributed by atoms with E-state index in [0.29, 0.717) is 31.1 Å². The third kappa shape index (κ3) is 4.40. The van der Waals surface area contributed by atoms with Gasteiger partial charge in [0.05, 0.1) is 18.8 Å². The first-order valence-electron chi connectivity index (χ1n) is 8.30. The number of methoxy groups -OCH3 is 1. The van der Waals surface area contributed by atoms with Gasteiger partial charge in [0.2, 0.25) is 0 Å². The van der Waals surface area contributed by atoms with E-state index in [2.05, 4.69) is 15.3 Å². The molecular formula is C17H20F3N5O2. The molecule has 146 valence electrons. The van der Waals surface area contributed by atoms with Crippen LogP contribution in [0.15, 0.2) is 30.6 Å². The highest BCUT2D eigenvalue weighted by Crippen LogP contribution is 2.35. The number of nitrogens with zero attached hydrogens (tertiary/aromatic N) is 3. The Hall–Kier alpha value is -2.59. The van der Waals surface area contributed by atoms with Crippen molar-refractivity contribution in [2.45, 2.75) is 24.7 Å². The van der Waals surface area contributed by atoms with Crippen molar-refractivity contribution < 1.29 is 23.0 Å². The molecule has 2 heterocycles. The van der Waals surface area contributed by atoms with Crippen molar-refractivity contribution in [3.63, 3.8) is 0 Å². The highest BCUT2D eigenvalue weighted by molar-refractivity contribution is 5.62. The first kappa shape index (κ1) is 19.2. The Balaban J connectivity index is 1.87. The molecule has 0 saturated carbocycles. The van der Waals surface area contributed by atoms with Crippen molar-refractivity contribution >= 4 is 17.3 Å². The molecule has 27 heavy (non-hydrogen) atoms. The zero-order valence-electron chi connectivity index (χ0n) is 14.6. The Morgan fingerprint density at radius 1 is 1.30 bits per heavy atom. The van der Waals surface area contributed by atoms with Crippen LogP contribution >= 0.6 is 0 Å². The number of β-amino-alcohol motifs (C(OH)–C–C–N with tert-alkyl or cyclic N) is 1. The van der Waals surface area contributed by atoms with Crippen LogP contribution in [0.2, 0.25) is 0 Å². The van der Waals surface area contributed by atoms with Gasteiger partial charge in [-0.1, -0.05) is 0 Å². The van der Waals surface area contributed by atoms with Crippen LogP contribution in [0.5, 0.6) is 5.75 Å². The van der Waals surface area contributed by atoms with E-state index in [1.807, 2.05) is 4.90 Å². The second-order valence-corrected chi connectivity index (χ2v) is 6.27. The molecule has 0 bridgehead atoms. The maximum absolute atomic E-state index is 13.1. The maximum atomic E-state index is 13.1. The van der Waals surface area contributed by atoms with Gasteiger partial charge < -0.3 is 25.8 Å². The van der Waals surface area contributed by atoms with Crippen molar-refractivity contribution in [3.8, 4) is 5.75 Å². The van der Waals surface area contributed by atoms with Gasteiger partial charge in [-0.3, -0.25) is 0 Å². The Morgan fingerprint density at radius 3 is 2.74 bits per heavy atom. The summed E-state index contributed by atoms with van der Waals surface area (Å²) in [5, 5.41) is 12.7. The first-order chi connectivity index (χ1) is 12.8. The molecule has 4 N–H and O–H groups in total. The van der Waals surface area contributed by atoms with Crippen molar-refractivity contribution in [1.82, 2.24) is 9.97 Å². The molecule has 2 aromatic rings. The molecule has 0 unspecified atom stereocenters. The summed E-state index contributed by atoms with van der Waals surface area (Å²) in [6, 6.07) is 4.89. The Labute approximate surface area is 154 Å². The molecule has 10 heteroatoms. The number of aromatic nitrogens is 2. The number of halogens is 3. The van der Waals surface area contributed by atoms with Crippen molar-refractivity contribution in [3.05, 3.63) is 36.2 Å². The van der Waals surface area contributed by atoms with E-state index in [-0.39, 0.29) is 17.5 Å². The minimum atomic E-state index is -4.50. The van der Waals surface area contributed by atoms with Crippen LogP contribution < -0.4 is 20.7 Å². The van der Waals surface area contributed by atoms with Crippen LogP contribution in [0.25, 0.3) is 0 Å². The maximum Gasteiger partial charge on any atom is 0.416 e. The minimum absolute atomic E-state index is 0.0589. The van der Waals surface area contributed by atoms with Crippen LogP contribution in [0.4, 0.5) is 30.5 Å². The van der Waals surface area contributed by atoms with Gasteiger partial charge >= 0.3 is 6.18 Å². The summed E-state index contributed by atoms with van der Waals surface area (Å²) in [6.45, 7) is 0.740. The summed E-state index contributed by atoms with van der Waals surface area (Å²) in [6.07, 6.45) is -3.16. The third-order valence-corrected chi connectivity index (χ3v) is 4.35. The molecule has 1 aliphatic rings. The van der Waals surface area contributed by atoms with Crippen molar-refractivity contribution in [1.29, 1.82) is 0 Å². The molecular weight excluding hydrogens is 363 g/mol. The number of rotatable bonds is 5. The Bertz CT molecular complexity index is 802. The third-order valence-electron chi connectivity index (χ3n) is 4.35. The SMILES string of the molecule is COc1cc(Nc2cc(N3C[C@H](O)C[C@@H]3CN)ncn2)cc(C(F)(F)F)c1. The number of ether oxygens (including phenoxy) is 1. The van der Waals surface area contributed by atoms with E-state index in [1.54, 1.807) is 6.07 Å².